The van der Waals surface area contributed by atoms with Gasteiger partial charge in [0.05, 0.1) is 0 Å². The van der Waals surface area contributed by atoms with Crippen molar-refractivity contribution < 1.29 is 0 Å². The van der Waals surface area contributed by atoms with Crippen molar-refractivity contribution in [3.05, 3.63) is 0 Å². The molecule has 12 heavy (non-hydrogen) atoms. The summed E-state index contributed by atoms with van der Waals surface area (Å²) in [4.78, 5) is 2.72. The van der Waals surface area contributed by atoms with Crippen LogP contribution in [0.25, 0.3) is 0 Å². The summed E-state index contributed by atoms with van der Waals surface area (Å²) < 4.78 is 0. The molecule has 70 valence electrons. The van der Waals surface area contributed by atoms with Crippen LogP contribution in [0.4, 0.5) is 0 Å². The molecule has 1 aliphatic heterocycles. The Balaban J connectivity index is 2.08. The molecule has 2 rings (SSSR count). The summed E-state index contributed by atoms with van der Waals surface area (Å²) in [5, 5.41) is 0. The van der Waals surface area contributed by atoms with Crippen molar-refractivity contribution in [2.45, 2.75) is 58.5 Å². The maximum absolute atomic E-state index is 2.72. The molecule has 0 radical (unpaired) electrons. The lowest BCUT2D eigenvalue weighted by Crippen LogP contribution is -2.38. The first-order valence-corrected chi connectivity index (χ1v) is 5.45. The molecule has 1 unspecified atom stereocenters. The van der Waals surface area contributed by atoms with E-state index >= 15 is 0 Å². The normalized spacial score (nSPS) is 33.5. The third kappa shape index (κ3) is 1.10. The van der Waals surface area contributed by atoms with Crippen LogP contribution < -0.4 is 0 Å². The van der Waals surface area contributed by atoms with Gasteiger partial charge in [-0.1, -0.05) is 6.92 Å². The lowest BCUT2D eigenvalue weighted by molar-refractivity contribution is 0.170. The Hall–Kier alpha value is -0.0400. The molecular weight excluding hydrogens is 146 g/mol. The molecule has 0 amide bonds. The van der Waals surface area contributed by atoms with Crippen molar-refractivity contribution in [2.75, 3.05) is 6.54 Å². The third-order valence-corrected chi connectivity index (χ3v) is 3.92. The molecule has 1 saturated carbocycles. The molecule has 0 bridgehead atoms. The Morgan fingerprint density at radius 3 is 2.42 bits per heavy atom. The van der Waals surface area contributed by atoms with Crippen molar-refractivity contribution in [1.29, 1.82) is 0 Å². The van der Waals surface area contributed by atoms with Gasteiger partial charge in [0.1, 0.15) is 0 Å². The van der Waals surface area contributed by atoms with Gasteiger partial charge in [-0.3, -0.25) is 4.90 Å². The van der Waals surface area contributed by atoms with Gasteiger partial charge in [-0.2, -0.15) is 0 Å². The van der Waals surface area contributed by atoms with Gasteiger partial charge >= 0.3 is 0 Å². The van der Waals surface area contributed by atoms with E-state index in [1.165, 1.54) is 32.2 Å². The quantitative estimate of drug-likeness (QED) is 0.611. The van der Waals surface area contributed by atoms with E-state index in [1.807, 2.05) is 0 Å². The van der Waals surface area contributed by atoms with E-state index in [0.717, 1.165) is 17.5 Å². The van der Waals surface area contributed by atoms with Gasteiger partial charge in [-0.05, 0) is 51.5 Å². The molecule has 1 atom stereocenters. The van der Waals surface area contributed by atoms with Crippen LogP contribution in [-0.4, -0.2) is 23.5 Å². The maximum atomic E-state index is 2.72. The molecule has 1 heterocycles. The summed E-state index contributed by atoms with van der Waals surface area (Å²) in [6.07, 6.45) is 5.85. The molecule has 1 heteroatoms. The van der Waals surface area contributed by atoms with E-state index in [1.54, 1.807) is 0 Å². The molecule has 0 aromatic heterocycles. The molecule has 1 spiro atoms. The van der Waals surface area contributed by atoms with Crippen molar-refractivity contribution in [1.82, 2.24) is 4.90 Å². The predicted octanol–water partition coefficient (Wildman–Crippen LogP) is 2.66. The zero-order valence-corrected chi connectivity index (χ0v) is 8.64. The summed E-state index contributed by atoms with van der Waals surface area (Å²) in [6, 6.07) is 1.67. The van der Waals surface area contributed by atoms with Gasteiger partial charge in [-0.15, -0.1) is 0 Å². The Morgan fingerprint density at radius 1 is 1.33 bits per heavy atom. The molecule has 2 aliphatic rings. The number of hydrogen-bond donors (Lipinski definition) is 0. The second-order valence-corrected chi connectivity index (χ2v) is 4.87. The summed E-state index contributed by atoms with van der Waals surface area (Å²) >= 11 is 0. The number of rotatable bonds is 2. The molecule has 1 nitrogen and oxygen atoms in total. The fourth-order valence-electron chi connectivity index (χ4n) is 3.06. The van der Waals surface area contributed by atoms with E-state index in [0.29, 0.717) is 0 Å². The van der Waals surface area contributed by atoms with Crippen LogP contribution in [-0.2, 0) is 0 Å². The molecule has 2 fully saturated rings. The van der Waals surface area contributed by atoms with Crippen LogP contribution in [0.1, 0.15) is 46.5 Å². The molecule has 1 saturated heterocycles. The summed E-state index contributed by atoms with van der Waals surface area (Å²) in [6.45, 7) is 8.38. The average Bonchev–Trinajstić information content (AvgIpc) is 2.64. The number of hydrogen-bond acceptors (Lipinski definition) is 1. The minimum Gasteiger partial charge on any atom is -0.297 e. The Kier molecular flexibility index (Phi) is 1.95. The number of nitrogens with zero attached hydrogens (tertiary/aromatic N) is 1. The van der Waals surface area contributed by atoms with Crippen molar-refractivity contribution in [3.8, 4) is 0 Å². The molecule has 1 aliphatic carbocycles. The predicted molar refractivity (Wildman–Crippen MR) is 52.2 cm³/mol. The zero-order valence-electron chi connectivity index (χ0n) is 8.64. The smallest absolute Gasteiger partial charge is 0.0152 e. The fourth-order valence-corrected chi connectivity index (χ4v) is 3.06. The second-order valence-electron chi connectivity index (χ2n) is 4.87. The maximum Gasteiger partial charge on any atom is 0.0152 e. The van der Waals surface area contributed by atoms with Gasteiger partial charge < -0.3 is 0 Å². The second kappa shape index (κ2) is 2.73. The summed E-state index contributed by atoms with van der Waals surface area (Å²) in [5.41, 5.74) is 0.791. The monoisotopic (exact) mass is 167 g/mol. The first-order valence-electron chi connectivity index (χ1n) is 5.45. The molecular formula is C11H21N. The highest BCUT2D eigenvalue weighted by Gasteiger charge is 2.54. The van der Waals surface area contributed by atoms with Crippen LogP contribution in [0.3, 0.4) is 0 Å². The van der Waals surface area contributed by atoms with Crippen LogP contribution >= 0.6 is 0 Å². The van der Waals surface area contributed by atoms with E-state index in [-0.39, 0.29) is 0 Å². The van der Waals surface area contributed by atoms with Crippen LogP contribution in [0.15, 0.2) is 0 Å². The first kappa shape index (κ1) is 8.55. The van der Waals surface area contributed by atoms with E-state index in [9.17, 15) is 0 Å². The third-order valence-electron chi connectivity index (χ3n) is 3.92. The minimum absolute atomic E-state index is 0.759. The van der Waals surface area contributed by atoms with E-state index in [4.69, 9.17) is 0 Å². The van der Waals surface area contributed by atoms with Gasteiger partial charge in [0.15, 0.2) is 0 Å². The van der Waals surface area contributed by atoms with Crippen molar-refractivity contribution in [2.24, 2.45) is 5.41 Å². The highest BCUT2D eigenvalue weighted by molar-refractivity contribution is 5.07. The standard InChI is InChI=1S/C11H21N/c1-4-10-11(5-6-11)7-8-12(10)9(2)3/h9-10H,4-8H2,1-3H3. The van der Waals surface area contributed by atoms with Gasteiger partial charge in [-0.25, -0.2) is 0 Å². The molecule has 0 aromatic rings. The average molecular weight is 167 g/mol. The van der Waals surface area contributed by atoms with Crippen molar-refractivity contribution >= 4 is 0 Å². The largest absolute Gasteiger partial charge is 0.297 e. The minimum atomic E-state index is 0.759. The first-order chi connectivity index (χ1) is 5.69. The van der Waals surface area contributed by atoms with E-state index < -0.39 is 0 Å². The Bertz CT molecular complexity index is 170. The van der Waals surface area contributed by atoms with Crippen LogP contribution in [0.2, 0.25) is 0 Å². The van der Waals surface area contributed by atoms with Crippen LogP contribution in [0, 0.1) is 5.41 Å². The lowest BCUT2D eigenvalue weighted by Gasteiger charge is -2.30. The van der Waals surface area contributed by atoms with Crippen LogP contribution in [0.5, 0.6) is 0 Å². The van der Waals surface area contributed by atoms with Gasteiger partial charge in [0, 0.05) is 12.1 Å². The highest BCUT2D eigenvalue weighted by atomic mass is 15.2. The Labute approximate surface area is 76.1 Å². The fraction of sp³-hybridized carbons (Fsp3) is 1.00. The molecule has 0 aromatic carbocycles. The topological polar surface area (TPSA) is 3.24 Å². The van der Waals surface area contributed by atoms with E-state index in [2.05, 4.69) is 25.7 Å². The van der Waals surface area contributed by atoms with Gasteiger partial charge in [0.2, 0.25) is 0 Å². The van der Waals surface area contributed by atoms with Crippen molar-refractivity contribution in [3.63, 3.8) is 0 Å². The number of likely N-dealkylation sites (tertiary alicyclic amines) is 1. The summed E-state index contributed by atoms with van der Waals surface area (Å²) in [5.74, 6) is 0. The molecule has 0 N–H and O–H groups in total. The Morgan fingerprint density at radius 2 is 2.00 bits per heavy atom. The highest BCUT2D eigenvalue weighted by Crippen LogP contribution is 2.58. The van der Waals surface area contributed by atoms with Gasteiger partial charge in [0.25, 0.3) is 0 Å². The lowest BCUT2D eigenvalue weighted by atomic mass is 9.95. The summed E-state index contributed by atoms with van der Waals surface area (Å²) in [7, 11) is 0. The SMILES string of the molecule is CCC1N(C(C)C)CCC12CC2. The zero-order chi connectivity index (χ0) is 8.77.